The van der Waals surface area contributed by atoms with Crippen LogP contribution in [-0.4, -0.2) is 32.9 Å². The number of fused-ring (bicyclic) bond motifs is 3. The van der Waals surface area contributed by atoms with Crippen LogP contribution in [0.25, 0.3) is 22.3 Å². The molecule has 5 aromatic rings. The monoisotopic (exact) mass is 481 g/mol. The minimum Gasteiger partial charge on any atom is -0.497 e. The van der Waals surface area contributed by atoms with Crippen molar-refractivity contribution in [2.45, 2.75) is 12.5 Å². The molecule has 8 nitrogen and oxygen atoms in total. The fourth-order valence-corrected chi connectivity index (χ4v) is 5.18. The second-order valence-corrected chi connectivity index (χ2v) is 8.85. The minimum absolute atomic E-state index is 0.154. The summed E-state index contributed by atoms with van der Waals surface area (Å²) in [5.74, 6) is 0.399. The molecule has 1 aliphatic rings. The SMILES string of the molecule is COc1ccc2[nH]c3c(c2c1)CC[NH2+][C@H]3c1c(O)n(-c2ccccc2)c(=O)n(-c2ccccc2)c1=O. The van der Waals surface area contributed by atoms with Crippen molar-refractivity contribution in [3.05, 3.63) is 117 Å². The van der Waals surface area contributed by atoms with Gasteiger partial charge in [0.2, 0.25) is 5.88 Å². The first-order chi connectivity index (χ1) is 17.6. The second kappa shape index (κ2) is 8.58. The first-order valence-electron chi connectivity index (χ1n) is 11.8. The van der Waals surface area contributed by atoms with E-state index in [0.717, 1.165) is 45.4 Å². The van der Waals surface area contributed by atoms with E-state index < -0.39 is 17.3 Å². The number of benzene rings is 3. The quantitative estimate of drug-likeness (QED) is 0.367. The molecule has 0 aliphatic carbocycles. The number of nitrogens with zero attached hydrogens (tertiary/aromatic N) is 2. The molecule has 36 heavy (non-hydrogen) atoms. The van der Waals surface area contributed by atoms with Crippen molar-refractivity contribution in [3.63, 3.8) is 0 Å². The van der Waals surface area contributed by atoms with Gasteiger partial charge in [0.25, 0.3) is 5.56 Å². The average molecular weight is 482 g/mol. The molecule has 8 heteroatoms. The third-order valence-corrected chi connectivity index (χ3v) is 6.86. The van der Waals surface area contributed by atoms with E-state index in [4.69, 9.17) is 4.74 Å². The fraction of sp³-hybridized carbons (Fsp3) is 0.143. The number of aromatic hydroxyl groups is 1. The van der Waals surface area contributed by atoms with Crippen LogP contribution in [0.3, 0.4) is 0 Å². The maximum absolute atomic E-state index is 14.0. The van der Waals surface area contributed by atoms with Crippen LogP contribution < -0.4 is 21.3 Å². The number of para-hydroxylation sites is 2. The highest BCUT2D eigenvalue weighted by Crippen LogP contribution is 2.34. The number of nitrogens with one attached hydrogen (secondary N) is 1. The summed E-state index contributed by atoms with van der Waals surface area (Å²) in [5.41, 5.74) is 2.76. The van der Waals surface area contributed by atoms with Crippen LogP contribution in [0, 0.1) is 0 Å². The maximum Gasteiger partial charge on any atom is 0.343 e. The molecule has 0 spiro atoms. The maximum atomic E-state index is 14.0. The van der Waals surface area contributed by atoms with Crippen molar-refractivity contribution < 1.29 is 15.2 Å². The number of hydrogen-bond donors (Lipinski definition) is 3. The molecule has 0 bridgehead atoms. The molecule has 0 fully saturated rings. The Bertz CT molecular complexity index is 1700. The Morgan fingerprint density at radius 1 is 0.944 bits per heavy atom. The van der Waals surface area contributed by atoms with Crippen molar-refractivity contribution in [1.29, 1.82) is 0 Å². The first kappa shape index (κ1) is 21.9. The molecule has 3 aromatic carbocycles. The normalized spacial score (nSPS) is 15.1. The highest BCUT2D eigenvalue weighted by molar-refractivity contribution is 5.86. The molecule has 3 heterocycles. The first-order valence-corrected chi connectivity index (χ1v) is 11.8. The summed E-state index contributed by atoms with van der Waals surface area (Å²) in [6.07, 6.45) is 0.797. The highest BCUT2D eigenvalue weighted by atomic mass is 16.5. The van der Waals surface area contributed by atoms with E-state index in [2.05, 4.69) is 4.98 Å². The van der Waals surface area contributed by atoms with Crippen molar-refractivity contribution >= 4 is 10.9 Å². The third kappa shape index (κ3) is 3.34. The Kier molecular flexibility index (Phi) is 5.23. The van der Waals surface area contributed by atoms with Crippen molar-refractivity contribution in [1.82, 2.24) is 14.1 Å². The van der Waals surface area contributed by atoms with Crippen LogP contribution in [0.2, 0.25) is 0 Å². The molecule has 4 N–H and O–H groups in total. The van der Waals surface area contributed by atoms with Crippen LogP contribution in [0.4, 0.5) is 0 Å². The number of quaternary nitrogens is 1. The fourth-order valence-electron chi connectivity index (χ4n) is 5.18. The standard InChI is InChI=1S/C28H24N4O4/c1-36-19-12-13-22-21(16-19)20-14-15-29-25(24(20)30-22)23-26(33)31(17-8-4-2-5-9-17)28(35)32(27(23)34)18-10-6-3-7-11-18/h2-13,16,25,29-30,33H,14-15H2,1H3/p+1/t25-/m0/s1. The third-order valence-electron chi connectivity index (χ3n) is 6.86. The zero-order valence-corrected chi connectivity index (χ0v) is 19.6. The molecule has 0 radical (unpaired) electrons. The van der Waals surface area contributed by atoms with Crippen LogP contribution in [0.15, 0.2) is 88.5 Å². The molecule has 180 valence electrons. The molecule has 1 aliphatic heterocycles. The molecule has 0 amide bonds. The number of hydrogen-bond acceptors (Lipinski definition) is 4. The van der Waals surface area contributed by atoms with Gasteiger partial charge in [-0.25, -0.2) is 13.9 Å². The number of H-pyrrole nitrogens is 1. The van der Waals surface area contributed by atoms with Gasteiger partial charge >= 0.3 is 5.69 Å². The van der Waals surface area contributed by atoms with Gasteiger partial charge in [-0.1, -0.05) is 36.4 Å². The van der Waals surface area contributed by atoms with Crippen LogP contribution >= 0.6 is 0 Å². The van der Waals surface area contributed by atoms with Gasteiger partial charge in [0.05, 0.1) is 30.7 Å². The summed E-state index contributed by atoms with van der Waals surface area (Å²) in [6.45, 7) is 0.719. The van der Waals surface area contributed by atoms with E-state index in [1.807, 2.05) is 35.6 Å². The van der Waals surface area contributed by atoms with E-state index in [1.54, 1.807) is 55.6 Å². The second-order valence-electron chi connectivity index (χ2n) is 8.85. The van der Waals surface area contributed by atoms with E-state index in [1.165, 1.54) is 4.57 Å². The Balaban J connectivity index is 1.66. The predicted octanol–water partition coefficient (Wildman–Crippen LogP) is 2.39. The van der Waals surface area contributed by atoms with Gasteiger partial charge < -0.3 is 20.1 Å². The van der Waals surface area contributed by atoms with Crippen molar-refractivity contribution in [3.8, 4) is 23.0 Å². The summed E-state index contributed by atoms with van der Waals surface area (Å²) < 4.78 is 7.76. The van der Waals surface area contributed by atoms with Crippen LogP contribution in [0.1, 0.15) is 22.9 Å². The largest absolute Gasteiger partial charge is 0.497 e. The summed E-state index contributed by atoms with van der Waals surface area (Å²) >= 11 is 0. The average Bonchev–Trinajstić information content (AvgIpc) is 3.28. The van der Waals surface area contributed by atoms with Gasteiger partial charge in [0.15, 0.2) is 6.04 Å². The molecule has 0 saturated heterocycles. The van der Waals surface area contributed by atoms with Gasteiger partial charge in [-0.15, -0.1) is 0 Å². The smallest absolute Gasteiger partial charge is 0.343 e. The number of aromatic nitrogens is 3. The Labute approximate surface area is 206 Å². The van der Waals surface area contributed by atoms with E-state index in [0.29, 0.717) is 11.4 Å². The number of nitrogens with two attached hydrogens (primary N) is 1. The molecule has 1 atom stereocenters. The van der Waals surface area contributed by atoms with Crippen LogP contribution in [0.5, 0.6) is 11.6 Å². The van der Waals surface area contributed by atoms with Gasteiger partial charge in [0.1, 0.15) is 11.3 Å². The van der Waals surface area contributed by atoms with Gasteiger partial charge in [0, 0.05) is 17.3 Å². The minimum atomic E-state index is -0.629. The van der Waals surface area contributed by atoms with E-state index >= 15 is 0 Å². The Hall–Kier alpha value is -4.56. The highest BCUT2D eigenvalue weighted by Gasteiger charge is 2.36. The van der Waals surface area contributed by atoms with Crippen molar-refractivity contribution in [2.75, 3.05) is 13.7 Å². The molecule has 2 aromatic heterocycles. The lowest BCUT2D eigenvalue weighted by atomic mass is 9.95. The van der Waals surface area contributed by atoms with E-state index in [9.17, 15) is 14.7 Å². The summed E-state index contributed by atoms with van der Waals surface area (Å²) in [4.78, 5) is 31.1. The Morgan fingerprint density at radius 3 is 2.28 bits per heavy atom. The number of ether oxygens (including phenoxy) is 1. The number of aromatic amines is 1. The Morgan fingerprint density at radius 2 is 1.61 bits per heavy atom. The van der Waals surface area contributed by atoms with Gasteiger partial charge in [-0.3, -0.25) is 4.79 Å². The topological polar surface area (TPSA) is 106 Å². The molecule has 6 rings (SSSR count). The molecular weight excluding hydrogens is 456 g/mol. The van der Waals surface area contributed by atoms with Crippen molar-refractivity contribution in [2.24, 2.45) is 0 Å². The van der Waals surface area contributed by atoms with E-state index in [-0.39, 0.29) is 11.4 Å². The zero-order valence-electron chi connectivity index (χ0n) is 19.6. The zero-order chi connectivity index (χ0) is 24.8. The summed E-state index contributed by atoms with van der Waals surface area (Å²) in [5, 5.41) is 14.6. The predicted molar refractivity (Wildman–Crippen MR) is 136 cm³/mol. The number of methoxy groups -OCH3 is 1. The molecular formula is C28H25N4O4+. The van der Waals surface area contributed by atoms with Gasteiger partial charge in [-0.05, 0) is 48.0 Å². The molecule has 0 unspecified atom stereocenters. The lowest BCUT2D eigenvalue weighted by Crippen LogP contribution is -2.88. The summed E-state index contributed by atoms with van der Waals surface area (Å²) in [7, 11) is 1.63. The number of rotatable bonds is 4. The van der Waals surface area contributed by atoms with Gasteiger partial charge in [-0.2, -0.15) is 0 Å². The summed E-state index contributed by atoms with van der Waals surface area (Å²) in [6, 6.07) is 23.0. The van der Waals surface area contributed by atoms with Crippen LogP contribution in [-0.2, 0) is 6.42 Å². The molecule has 0 saturated carbocycles. The lowest BCUT2D eigenvalue weighted by molar-refractivity contribution is -0.690. The lowest BCUT2D eigenvalue weighted by Gasteiger charge is -2.24.